The van der Waals surface area contributed by atoms with Gasteiger partial charge in [-0.3, -0.25) is 4.79 Å². The average Bonchev–Trinajstić information content (AvgIpc) is 2.31. The molecule has 0 heterocycles. The maximum atomic E-state index is 12.1. The highest BCUT2D eigenvalue weighted by Crippen LogP contribution is 2.24. The van der Waals surface area contributed by atoms with E-state index in [1.807, 2.05) is 26.0 Å². The van der Waals surface area contributed by atoms with Crippen molar-refractivity contribution in [3.63, 3.8) is 0 Å². The van der Waals surface area contributed by atoms with E-state index in [-0.39, 0.29) is 5.78 Å². The van der Waals surface area contributed by atoms with E-state index in [4.69, 9.17) is 4.74 Å². The van der Waals surface area contributed by atoms with Crippen LogP contribution >= 0.6 is 0 Å². The summed E-state index contributed by atoms with van der Waals surface area (Å²) in [4.78, 5) is 12.1. The largest absolute Gasteiger partial charge is 0.496 e. The zero-order chi connectivity index (χ0) is 13.0. The van der Waals surface area contributed by atoms with Crippen molar-refractivity contribution in [2.24, 2.45) is 5.92 Å². The Morgan fingerprint density at radius 3 is 2.47 bits per heavy atom. The van der Waals surface area contributed by atoms with Gasteiger partial charge in [-0.05, 0) is 43.0 Å². The van der Waals surface area contributed by atoms with Gasteiger partial charge in [-0.25, -0.2) is 0 Å². The molecule has 1 aromatic rings. The average molecular weight is 234 g/mol. The van der Waals surface area contributed by atoms with Gasteiger partial charge in [0.15, 0.2) is 5.78 Å². The molecule has 2 nitrogen and oxygen atoms in total. The first-order valence-electron chi connectivity index (χ1n) is 6.18. The van der Waals surface area contributed by atoms with Crippen molar-refractivity contribution in [3.8, 4) is 5.75 Å². The summed E-state index contributed by atoms with van der Waals surface area (Å²) >= 11 is 0. The van der Waals surface area contributed by atoms with Gasteiger partial charge in [-0.2, -0.15) is 0 Å². The van der Waals surface area contributed by atoms with Crippen LogP contribution in [-0.2, 0) is 0 Å². The number of aryl methyl sites for hydroxylation is 2. The highest BCUT2D eigenvalue weighted by molar-refractivity contribution is 5.98. The fourth-order valence-electron chi connectivity index (χ4n) is 1.88. The van der Waals surface area contributed by atoms with Gasteiger partial charge in [0.25, 0.3) is 0 Å². The van der Waals surface area contributed by atoms with E-state index >= 15 is 0 Å². The van der Waals surface area contributed by atoms with Gasteiger partial charge in [0.1, 0.15) is 5.75 Å². The highest BCUT2D eigenvalue weighted by atomic mass is 16.5. The fourth-order valence-corrected chi connectivity index (χ4v) is 1.88. The number of hydrogen-bond acceptors (Lipinski definition) is 2. The SMILES string of the molecule is CCC(C)CC(=O)c1cc(C)c(OC)cc1C. The summed E-state index contributed by atoms with van der Waals surface area (Å²) in [6, 6.07) is 3.89. The van der Waals surface area contributed by atoms with Gasteiger partial charge >= 0.3 is 0 Å². The second-order valence-electron chi connectivity index (χ2n) is 4.78. The maximum Gasteiger partial charge on any atom is 0.163 e. The molecule has 1 unspecified atom stereocenters. The van der Waals surface area contributed by atoms with Crippen LogP contribution < -0.4 is 4.74 Å². The second-order valence-corrected chi connectivity index (χ2v) is 4.78. The Balaban J connectivity index is 2.98. The highest BCUT2D eigenvalue weighted by Gasteiger charge is 2.14. The van der Waals surface area contributed by atoms with Crippen LogP contribution in [0.5, 0.6) is 5.75 Å². The van der Waals surface area contributed by atoms with Crippen LogP contribution in [0, 0.1) is 19.8 Å². The fraction of sp³-hybridized carbons (Fsp3) is 0.533. The van der Waals surface area contributed by atoms with Gasteiger partial charge in [0.2, 0.25) is 0 Å². The van der Waals surface area contributed by atoms with Gasteiger partial charge in [0, 0.05) is 12.0 Å². The van der Waals surface area contributed by atoms with Crippen LogP contribution in [-0.4, -0.2) is 12.9 Å². The van der Waals surface area contributed by atoms with Gasteiger partial charge in [-0.1, -0.05) is 20.3 Å². The zero-order valence-corrected chi connectivity index (χ0v) is 11.5. The molecular formula is C15H22O2. The molecule has 0 aliphatic carbocycles. The van der Waals surface area contributed by atoms with Gasteiger partial charge in [0.05, 0.1) is 7.11 Å². The topological polar surface area (TPSA) is 26.3 Å². The van der Waals surface area contributed by atoms with E-state index < -0.39 is 0 Å². The summed E-state index contributed by atoms with van der Waals surface area (Å²) in [6.07, 6.45) is 1.67. The lowest BCUT2D eigenvalue weighted by molar-refractivity contribution is 0.0963. The first kappa shape index (κ1) is 13.8. The summed E-state index contributed by atoms with van der Waals surface area (Å²) in [5.41, 5.74) is 2.86. The quantitative estimate of drug-likeness (QED) is 0.721. The lowest BCUT2D eigenvalue weighted by Gasteiger charge is -2.12. The molecule has 0 aromatic heterocycles. The van der Waals surface area contributed by atoms with Crippen molar-refractivity contribution < 1.29 is 9.53 Å². The third-order valence-electron chi connectivity index (χ3n) is 3.27. The van der Waals surface area contributed by atoms with Crippen LogP contribution in [0.3, 0.4) is 0 Å². The molecule has 1 aromatic carbocycles. The number of ketones is 1. The second kappa shape index (κ2) is 5.85. The summed E-state index contributed by atoms with van der Waals surface area (Å²) in [7, 11) is 1.66. The number of carbonyl (C=O) groups excluding carboxylic acids is 1. The molecule has 0 spiro atoms. The molecule has 0 amide bonds. The van der Waals surface area contributed by atoms with Crippen molar-refractivity contribution >= 4 is 5.78 Å². The van der Waals surface area contributed by atoms with E-state index in [0.717, 1.165) is 28.9 Å². The Hall–Kier alpha value is -1.31. The Kier molecular flexibility index (Phi) is 4.73. The van der Waals surface area contributed by atoms with Crippen molar-refractivity contribution in [1.82, 2.24) is 0 Å². The monoisotopic (exact) mass is 234 g/mol. The molecule has 1 atom stereocenters. The lowest BCUT2D eigenvalue weighted by Crippen LogP contribution is -2.08. The molecule has 1 rings (SSSR count). The number of Topliss-reactive ketones (excluding diaryl/α,β-unsaturated/α-hetero) is 1. The Morgan fingerprint density at radius 2 is 1.94 bits per heavy atom. The first-order chi connectivity index (χ1) is 7.99. The predicted molar refractivity (Wildman–Crippen MR) is 70.9 cm³/mol. The molecule has 0 bridgehead atoms. The third-order valence-corrected chi connectivity index (χ3v) is 3.27. The molecule has 0 saturated carbocycles. The zero-order valence-electron chi connectivity index (χ0n) is 11.5. The minimum absolute atomic E-state index is 0.239. The molecule has 17 heavy (non-hydrogen) atoms. The molecular weight excluding hydrogens is 212 g/mol. The van der Waals surface area contributed by atoms with Crippen LogP contribution in [0.15, 0.2) is 12.1 Å². The van der Waals surface area contributed by atoms with E-state index in [2.05, 4.69) is 13.8 Å². The number of rotatable bonds is 5. The number of methoxy groups -OCH3 is 1. The third kappa shape index (κ3) is 3.32. The summed E-state index contributed by atoms with van der Waals surface area (Å²) in [5.74, 6) is 1.54. The van der Waals surface area contributed by atoms with Crippen molar-refractivity contribution in [2.45, 2.75) is 40.5 Å². The van der Waals surface area contributed by atoms with Crippen LogP contribution in [0.25, 0.3) is 0 Å². The summed E-state index contributed by atoms with van der Waals surface area (Å²) in [6.45, 7) is 8.16. The summed E-state index contributed by atoms with van der Waals surface area (Å²) < 4.78 is 5.25. The van der Waals surface area contributed by atoms with E-state index in [9.17, 15) is 4.79 Å². The number of carbonyl (C=O) groups is 1. The van der Waals surface area contributed by atoms with Crippen molar-refractivity contribution in [3.05, 3.63) is 28.8 Å². The van der Waals surface area contributed by atoms with Crippen molar-refractivity contribution in [1.29, 1.82) is 0 Å². The molecule has 0 fully saturated rings. The van der Waals surface area contributed by atoms with Crippen LogP contribution in [0.1, 0.15) is 48.2 Å². The van der Waals surface area contributed by atoms with E-state index in [1.54, 1.807) is 7.11 Å². The Morgan fingerprint density at radius 1 is 1.29 bits per heavy atom. The summed E-state index contributed by atoms with van der Waals surface area (Å²) in [5, 5.41) is 0. The van der Waals surface area contributed by atoms with Gasteiger partial charge < -0.3 is 4.74 Å². The van der Waals surface area contributed by atoms with Crippen LogP contribution in [0.2, 0.25) is 0 Å². The smallest absolute Gasteiger partial charge is 0.163 e. The maximum absolute atomic E-state index is 12.1. The Labute approximate surface area is 104 Å². The van der Waals surface area contributed by atoms with E-state index in [0.29, 0.717) is 12.3 Å². The molecule has 94 valence electrons. The molecule has 0 saturated heterocycles. The molecule has 0 radical (unpaired) electrons. The minimum Gasteiger partial charge on any atom is -0.496 e. The minimum atomic E-state index is 0.239. The standard InChI is InChI=1S/C15H22O2/c1-6-10(2)7-14(16)13-8-12(4)15(17-5)9-11(13)3/h8-10H,6-7H2,1-5H3. The normalized spacial score (nSPS) is 12.3. The number of hydrogen-bond donors (Lipinski definition) is 0. The van der Waals surface area contributed by atoms with Crippen molar-refractivity contribution in [2.75, 3.05) is 7.11 Å². The Bertz CT molecular complexity index is 408. The first-order valence-corrected chi connectivity index (χ1v) is 6.18. The lowest BCUT2D eigenvalue weighted by atomic mass is 9.94. The molecule has 2 heteroatoms. The van der Waals surface area contributed by atoms with E-state index in [1.165, 1.54) is 0 Å². The number of benzene rings is 1. The van der Waals surface area contributed by atoms with Gasteiger partial charge in [-0.15, -0.1) is 0 Å². The number of ether oxygens (including phenoxy) is 1. The predicted octanol–water partition coefficient (Wildman–Crippen LogP) is 3.93. The molecule has 0 aliphatic rings. The molecule has 0 N–H and O–H groups in total. The molecule has 0 aliphatic heterocycles. The van der Waals surface area contributed by atoms with Crippen LogP contribution in [0.4, 0.5) is 0 Å².